The van der Waals surface area contributed by atoms with Crippen LogP contribution in [-0.4, -0.2) is 29.3 Å². The Morgan fingerprint density at radius 2 is 1.64 bits per heavy atom. The monoisotopic (exact) mass is 394 g/mol. The molecule has 3 amide bonds. The summed E-state index contributed by atoms with van der Waals surface area (Å²) in [5, 5.41) is 7.14. The molecule has 1 heterocycles. The number of nitrogens with two attached hydrogens (primary N) is 1. The summed E-state index contributed by atoms with van der Waals surface area (Å²) in [6.07, 6.45) is 0.0160. The highest BCUT2D eigenvalue weighted by Crippen LogP contribution is 2.19. The molecule has 28 heavy (non-hydrogen) atoms. The third-order valence-electron chi connectivity index (χ3n) is 3.82. The van der Waals surface area contributed by atoms with Crippen LogP contribution in [0.4, 0.5) is 5.13 Å². The Kier molecular flexibility index (Phi) is 6.13. The van der Waals surface area contributed by atoms with Gasteiger partial charge in [0.2, 0.25) is 11.8 Å². The standard InChI is InChI=1S/C20H18N4O3S/c21-17(25)10-16-12-28-20(23-16)24-18(26)11-22-19(27)15-8-6-14(7-9-15)13-4-2-1-3-5-13/h1-9,12H,10-11H2,(H2,21,25)(H,22,27)(H,23,24,26). The Bertz CT molecular complexity index is 984. The van der Waals surface area contributed by atoms with Crippen molar-refractivity contribution < 1.29 is 14.4 Å². The summed E-state index contributed by atoms with van der Waals surface area (Å²) >= 11 is 1.19. The summed E-state index contributed by atoms with van der Waals surface area (Å²) in [7, 11) is 0. The van der Waals surface area contributed by atoms with Gasteiger partial charge in [0.05, 0.1) is 18.7 Å². The van der Waals surface area contributed by atoms with Crippen molar-refractivity contribution in [3.05, 3.63) is 71.2 Å². The number of primary amides is 1. The van der Waals surface area contributed by atoms with Crippen molar-refractivity contribution in [1.29, 1.82) is 0 Å². The lowest BCUT2D eigenvalue weighted by molar-refractivity contribution is -0.117. The highest BCUT2D eigenvalue weighted by atomic mass is 32.1. The zero-order valence-corrected chi connectivity index (χ0v) is 15.7. The first kappa shape index (κ1) is 19.2. The number of hydrogen-bond acceptors (Lipinski definition) is 5. The zero-order valence-electron chi connectivity index (χ0n) is 14.8. The van der Waals surface area contributed by atoms with Crippen LogP contribution >= 0.6 is 11.3 Å². The molecule has 4 N–H and O–H groups in total. The Morgan fingerprint density at radius 3 is 2.32 bits per heavy atom. The van der Waals surface area contributed by atoms with Crippen LogP contribution in [0.2, 0.25) is 0 Å². The molecule has 0 saturated heterocycles. The van der Waals surface area contributed by atoms with Crippen molar-refractivity contribution in [2.24, 2.45) is 5.73 Å². The molecule has 8 heteroatoms. The molecule has 0 spiro atoms. The maximum atomic E-state index is 12.2. The van der Waals surface area contributed by atoms with Gasteiger partial charge in [0.1, 0.15) is 0 Å². The Balaban J connectivity index is 1.51. The lowest BCUT2D eigenvalue weighted by Gasteiger charge is -2.06. The fraction of sp³-hybridized carbons (Fsp3) is 0.100. The fourth-order valence-electron chi connectivity index (χ4n) is 2.49. The van der Waals surface area contributed by atoms with Crippen molar-refractivity contribution in [2.75, 3.05) is 11.9 Å². The van der Waals surface area contributed by atoms with Gasteiger partial charge >= 0.3 is 0 Å². The highest BCUT2D eigenvalue weighted by Gasteiger charge is 2.11. The van der Waals surface area contributed by atoms with Gasteiger partial charge in [0.15, 0.2) is 5.13 Å². The minimum absolute atomic E-state index is 0.0160. The van der Waals surface area contributed by atoms with Gasteiger partial charge in [-0.1, -0.05) is 42.5 Å². The van der Waals surface area contributed by atoms with Gasteiger partial charge in [-0.15, -0.1) is 11.3 Å². The van der Waals surface area contributed by atoms with E-state index in [0.717, 1.165) is 11.1 Å². The molecule has 2 aromatic carbocycles. The predicted molar refractivity (Wildman–Crippen MR) is 108 cm³/mol. The number of hydrogen-bond donors (Lipinski definition) is 3. The number of thiazole rings is 1. The Morgan fingerprint density at radius 1 is 0.964 bits per heavy atom. The molecule has 0 aliphatic carbocycles. The number of benzene rings is 2. The molecular weight excluding hydrogens is 376 g/mol. The topological polar surface area (TPSA) is 114 Å². The minimum atomic E-state index is -0.492. The van der Waals surface area contributed by atoms with E-state index in [1.807, 2.05) is 42.5 Å². The first-order chi connectivity index (χ1) is 13.5. The van der Waals surface area contributed by atoms with E-state index in [9.17, 15) is 14.4 Å². The van der Waals surface area contributed by atoms with Crippen LogP contribution < -0.4 is 16.4 Å². The van der Waals surface area contributed by atoms with E-state index >= 15 is 0 Å². The SMILES string of the molecule is NC(=O)Cc1csc(NC(=O)CNC(=O)c2ccc(-c3ccccc3)cc2)n1. The summed E-state index contributed by atoms with van der Waals surface area (Å²) in [6.45, 7) is -0.190. The molecule has 1 aromatic heterocycles. The second-order valence-corrected chi connectivity index (χ2v) is 6.82. The summed E-state index contributed by atoms with van der Waals surface area (Å²) in [5.74, 6) is -1.24. The molecule has 0 saturated carbocycles. The number of aromatic nitrogens is 1. The second kappa shape index (κ2) is 8.92. The second-order valence-electron chi connectivity index (χ2n) is 5.96. The Labute approximate surface area is 165 Å². The molecule has 0 bridgehead atoms. The quantitative estimate of drug-likeness (QED) is 0.570. The van der Waals surface area contributed by atoms with Crippen LogP contribution in [0.15, 0.2) is 60.0 Å². The van der Waals surface area contributed by atoms with E-state index in [1.165, 1.54) is 11.3 Å². The molecule has 0 unspecified atom stereocenters. The van der Waals surface area contributed by atoms with Crippen molar-refractivity contribution in [2.45, 2.75) is 6.42 Å². The minimum Gasteiger partial charge on any atom is -0.369 e. The lowest BCUT2D eigenvalue weighted by atomic mass is 10.0. The van der Waals surface area contributed by atoms with Gasteiger partial charge in [0.25, 0.3) is 5.91 Å². The fourth-order valence-corrected chi connectivity index (χ4v) is 3.22. The van der Waals surface area contributed by atoms with E-state index in [0.29, 0.717) is 16.4 Å². The van der Waals surface area contributed by atoms with Gasteiger partial charge < -0.3 is 16.4 Å². The van der Waals surface area contributed by atoms with Crippen LogP contribution in [0.3, 0.4) is 0 Å². The van der Waals surface area contributed by atoms with Gasteiger partial charge in [-0.05, 0) is 23.3 Å². The van der Waals surface area contributed by atoms with Crippen molar-refractivity contribution >= 4 is 34.2 Å². The average molecular weight is 394 g/mol. The third kappa shape index (κ3) is 5.24. The van der Waals surface area contributed by atoms with E-state index in [1.54, 1.807) is 17.5 Å². The number of anilines is 1. The molecule has 3 rings (SSSR count). The first-order valence-electron chi connectivity index (χ1n) is 8.47. The zero-order chi connectivity index (χ0) is 19.9. The maximum absolute atomic E-state index is 12.2. The summed E-state index contributed by atoms with van der Waals surface area (Å²) < 4.78 is 0. The normalized spacial score (nSPS) is 10.3. The largest absolute Gasteiger partial charge is 0.369 e. The molecule has 0 aliphatic rings. The van der Waals surface area contributed by atoms with Crippen molar-refractivity contribution in [3.63, 3.8) is 0 Å². The van der Waals surface area contributed by atoms with E-state index in [-0.39, 0.29) is 18.9 Å². The molecule has 3 aromatic rings. The van der Waals surface area contributed by atoms with Crippen LogP contribution in [0, 0.1) is 0 Å². The number of amides is 3. The average Bonchev–Trinajstić information content (AvgIpc) is 3.13. The predicted octanol–water partition coefficient (Wildman–Crippen LogP) is 2.21. The number of nitrogens with one attached hydrogen (secondary N) is 2. The Hall–Kier alpha value is -3.52. The molecule has 7 nitrogen and oxygen atoms in total. The lowest BCUT2D eigenvalue weighted by Crippen LogP contribution is -2.32. The van der Waals surface area contributed by atoms with Gasteiger partial charge in [0, 0.05) is 10.9 Å². The van der Waals surface area contributed by atoms with Gasteiger partial charge in [-0.2, -0.15) is 0 Å². The molecule has 142 valence electrons. The number of carbonyl (C=O) groups excluding carboxylic acids is 3. The van der Waals surface area contributed by atoms with E-state index in [2.05, 4.69) is 15.6 Å². The number of carbonyl (C=O) groups is 3. The highest BCUT2D eigenvalue weighted by molar-refractivity contribution is 7.13. The van der Waals surface area contributed by atoms with Crippen LogP contribution in [-0.2, 0) is 16.0 Å². The molecule has 0 radical (unpaired) electrons. The first-order valence-corrected chi connectivity index (χ1v) is 9.35. The van der Waals surface area contributed by atoms with Gasteiger partial charge in [-0.25, -0.2) is 4.98 Å². The summed E-state index contributed by atoms with van der Waals surface area (Å²) in [5.41, 5.74) is 8.13. The van der Waals surface area contributed by atoms with Crippen LogP contribution in [0.25, 0.3) is 11.1 Å². The third-order valence-corrected chi connectivity index (χ3v) is 4.62. The van der Waals surface area contributed by atoms with Crippen LogP contribution in [0.1, 0.15) is 16.1 Å². The van der Waals surface area contributed by atoms with Crippen molar-refractivity contribution in [3.8, 4) is 11.1 Å². The number of nitrogens with zero attached hydrogens (tertiary/aromatic N) is 1. The molecule has 0 fully saturated rings. The van der Waals surface area contributed by atoms with E-state index < -0.39 is 11.8 Å². The van der Waals surface area contributed by atoms with Crippen LogP contribution in [0.5, 0.6) is 0 Å². The van der Waals surface area contributed by atoms with Gasteiger partial charge in [-0.3, -0.25) is 14.4 Å². The number of rotatable bonds is 7. The summed E-state index contributed by atoms with van der Waals surface area (Å²) in [6, 6.07) is 17.0. The molecule has 0 atom stereocenters. The maximum Gasteiger partial charge on any atom is 0.251 e. The molecular formula is C20H18N4O3S. The summed E-state index contributed by atoms with van der Waals surface area (Å²) in [4.78, 5) is 39.1. The van der Waals surface area contributed by atoms with E-state index in [4.69, 9.17) is 5.73 Å². The molecule has 0 aliphatic heterocycles. The smallest absolute Gasteiger partial charge is 0.251 e. The van der Waals surface area contributed by atoms with Crippen molar-refractivity contribution in [1.82, 2.24) is 10.3 Å².